The number of ketones is 1. The molecule has 4 nitrogen and oxygen atoms in total. The van der Waals surface area contributed by atoms with Crippen molar-refractivity contribution in [3.05, 3.63) is 46.7 Å². The fraction of sp³-hybridized carbons (Fsp3) is 0.250. The van der Waals surface area contributed by atoms with Crippen molar-refractivity contribution in [2.45, 2.75) is 19.9 Å². The van der Waals surface area contributed by atoms with Gasteiger partial charge in [0.1, 0.15) is 11.5 Å². The van der Waals surface area contributed by atoms with Crippen LogP contribution in [-0.4, -0.2) is 20.3 Å². The van der Waals surface area contributed by atoms with Crippen LogP contribution in [0.25, 0.3) is 0 Å². The van der Waals surface area contributed by atoms with Gasteiger partial charge < -0.3 is 4.57 Å². The van der Waals surface area contributed by atoms with Gasteiger partial charge in [-0.05, 0) is 35.0 Å². The van der Waals surface area contributed by atoms with Crippen LogP contribution in [0.15, 0.2) is 35.2 Å². The van der Waals surface area contributed by atoms with Crippen molar-refractivity contribution < 1.29 is 4.79 Å². The van der Waals surface area contributed by atoms with Crippen LogP contribution in [0, 0.1) is 0 Å². The van der Waals surface area contributed by atoms with Crippen LogP contribution in [0.4, 0.5) is 0 Å². The van der Waals surface area contributed by atoms with E-state index in [1.54, 1.807) is 18.5 Å². The van der Waals surface area contributed by atoms with Gasteiger partial charge in [0.2, 0.25) is 0 Å². The summed E-state index contributed by atoms with van der Waals surface area (Å²) in [5.41, 5.74) is 0.471. The van der Waals surface area contributed by atoms with Gasteiger partial charge in [-0.15, -0.1) is 0 Å². The highest BCUT2D eigenvalue weighted by molar-refractivity contribution is 9.10. The zero-order valence-corrected chi connectivity index (χ0v) is 11.0. The summed E-state index contributed by atoms with van der Waals surface area (Å²) in [5, 5.41) is 0. The molecule has 0 aliphatic rings. The van der Waals surface area contributed by atoms with Gasteiger partial charge in [-0.2, -0.15) is 0 Å². The molecule has 0 aromatic carbocycles. The zero-order chi connectivity index (χ0) is 12.3. The molecule has 0 radical (unpaired) electrons. The van der Waals surface area contributed by atoms with Crippen molar-refractivity contribution >= 4 is 21.7 Å². The number of carbonyl (C=O) groups is 1. The van der Waals surface area contributed by atoms with E-state index >= 15 is 0 Å². The fourth-order valence-corrected chi connectivity index (χ4v) is 1.80. The van der Waals surface area contributed by atoms with Crippen LogP contribution in [-0.2, 0) is 13.0 Å². The molecule has 17 heavy (non-hydrogen) atoms. The van der Waals surface area contributed by atoms with Gasteiger partial charge in [0.15, 0.2) is 5.78 Å². The molecule has 2 aromatic heterocycles. The number of carbonyl (C=O) groups excluding carboxylic acids is 1. The first kappa shape index (κ1) is 12.0. The van der Waals surface area contributed by atoms with E-state index in [4.69, 9.17) is 0 Å². The minimum atomic E-state index is -0.0154. The number of nitrogens with zero attached hydrogens (tertiary/aromatic N) is 3. The highest BCUT2D eigenvalue weighted by atomic mass is 79.9. The molecule has 0 atom stereocenters. The highest BCUT2D eigenvalue weighted by Gasteiger charge is 2.11. The molecule has 0 spiro atoms. The highest BCUT2D eigenvalue weighted by Crippen LogP contribution is 2.09. The van der Waals surface area contributed by atoms with Crippen LogP contribution in [0.3, 0.4) is 0 Å². The van der Waals surface area contributed by atoms with Crippen molar-refractivity contribution in [2.24, 2.45) is 0 Å². The van der Waals surface area contributed by atoms with E-state index in [-0.39, 0.29) is 12.2 Å². The van der Waals surface area contributed by atoms with Crippen molar-refractivity contribution in [2.75, 3.05) is 0 Å². The molecule has 0 fully saturated rings. The number of hydrogen-bond acceptors (Lipinski definition) is 3. The third kappa shape index (κ3) is 2.79. The van der Waals surface area contributed by atoms with Crippen molar-refractivity contribution in [3.8, 4) is 0 Å². The van der Waals surface area contributed by atoms with Gasteiger partial charge in [0.25, 0.3) is 0 Å². The maximum Gasteiger partial charge on any atom is 0.188 e. The molecule has 0 unspecified atom stereocenters. The smallest absolute Gasteiger partial charge is 0.188 e. The zero-order valence-electron chi connectivity index (χ0n) is 9.43. The largest absolute Gasteiger partial charge is 0.335 e. The Bertz CT molecular complexity index is 519. The first-order valence-electron chi connectivity index (χ1n) is 5.35. The summed E-state index contributed by atoms with van der Waals surface area (Å²) in [6.07, 6.45) is 5.49. The molecule has 0 aliphatic heterocycles. The second-order valence-electron chi connectivity index (χ2n) is 3.59. The van der Waals surface area contributed by atoms with Crippen LogP contribution < -0.4 is 0 Å². The summed E-state index contributed by atoms with van der Waals surface area (Å²) in [6, 6.07) is 3.53. The lowest BCUT2D eigenvalue weighted by Crippen LogP contribution is -2.10. The minimum Gasteiger partial charge on any atom is -0.335 e. The Hall–Kier alpha value is -1.49. The van der Waals surface area contributed by atoms with Gasteiger partial charge in [-0.25, -0.2) is 4.98 Å². The Morgan fingerprint density at radius 3 is 2.88 bits per heavy atom. The van der Waals surface area contributed by atoms with Crippen LogP contribution in [0.5, 0.6) is 0 Å². The minimum absolute atomic E-state index is 0.0154. The lowest BCUT2D eigenvalue weighted by Gasteiger charge is -2.03. The Kier molecular flexibility index (Phi) is 3.68. The molecule has 5 heteroatoms. The molecular weight excluding hydrogens is 282 g/mol. The Labute approximate surface area is 108 Å². The van der Waals surface area contributed by atoms with E-state index in [0.29, 0.717) is 5.69 Å². The molecule has 2 rings (SSSR count). The summed E-state index contributed by atoms with van der Waals surface area (Å²) in [4.78, 5) is 20.2. The molecule has 2 heterocycles. The number of rotatable bonds is 4. The number of halogens is 1. The van der Waals surface area contributed by atoms with E-state index in [1.165, 1.54) is 0 Å². The topological polar surface area (TPSA) is 47.8 Å². The molecule has 2 aromatic rings. The average Bonchev–Trinajstić information content (AvgIpc) is 2.77. The molecule has 88 valence electrons. The number of aryl methyl sites for hydroxylation is 1. The third-order valence-corrected chi connectivity index (χ3v) is 2.94. The van der Waals surface area contributed by atoms with Crippen LogP contribution in [0.1, 0.15) is 23.2 Å². The second-order valence-corrected chi connectivity index (χ2v) is 4.51. The Morgan fingerprint density at radius 2 is 2.24 bits per heavy atom. The Balaban J connectivity index is 2.14. The molecule has 0 bridgehead atoms. The monoisotopic (exact) mass is 293 g/mol. The normalized spacial score (nSPS) is 10.5. The number of pyridine rings is 1. The van der Waals surface area contributed by atoms with E-state index in [0.717, 1.165) is 16.8 Å². The molecule has 0 saturated carbocycles. The first-order chi connectivity index (χ1) is 8.20. The van der Waals surface area contributed by atoms with Crippen molar-refractivity contribution in [1.29, 1.82) is 0 Å². The summed E-state index contributed by atoms with van der Waals surface area (Å²) in [7, 11) is 0. The molecule has 0 amide bonds. The lowest BCUT2D eigenvalue weighted by atomic mass is 10.2. The maximum absolute atomic E-state index is 12.0. The molecule has 0 N–H and O–H groups in total. The second kappa shape index (κ2) is 5.23. The number of imidazole rings is 1. The van der Waals surface area contributed by atoms with E-state index in [1.807, 2.05) is 23.8 Å². The summed E-state index contributed by atoms with van der Waals surface area (Å²) < 4.78 is 2.82. The van der Waals surface area contributed by atoms with Gasteiger partial charge in [0.05, 0.1) is 6.42 Å². The number of Topliss-reactive ketones (excluding diaryl/α,β-unsaturated/α-hetero) is 1. The van der Waals surface area contributed by atoms with Crippen LogP contribution in [0.2, 0.25) is 0 Å². The number of hydrogen-bond donors (Lipinski definition) is 0. The SMILES string of the molecule is CCn1ccnc1CC(=O)c1ccc(Br)cn1. The van der Waals surface area contributed by atoms with Gasteiger partial charge in [0, 0.05) is 29.6 Å². The predicted octanol–water partition coefficient (Wildman–Crippen LogP) is 2.49. The fourth-order valence-electron chi connectivity index (χ4n) is 1.57. The average molecular weight is 294 g/mol. The van der Waals surface area contributed by atoms with E-state index < -0.39 is 0 Å². The van der Waals surface area contributed by atoms with Crippen LogP contribution >= 0.6 is 15.9 Å². The lowest BCUT2D eigenvalue weighted by molar-refractivity contribution is 0.0985. The van der Waals surface area contributed by atoms with E-state index in [9.17, 15) is 4.79 Å². The summed E-state index contributed by atoms with van der Waals surface area (Å²) >= 11 is 3.29. The van der Waals surface area contributed by atoms with Gasteiger partial charge >= 0.3 is 0 Å². The quantitative estimate of drug-likeness (QED) is 0.814. The number of aromatic nitrogens is 3. The standard InChI is InChI=1S/C12H12BrN3O/c1-2-16-6-5-14-12(16)7-11(17)10-4-3-9(13)8-15-10/h3-6,8H,2,7H2,1H3. The summed E-state index contributed by atoms with van der Waals surface area (Å²) in [5.74, 6) is 0.764. The predicted molar refractivity (Wildman–Crippen MR) is 67.9 cm³/mol. The third-order valence-electron chi connectivity index (χ3n) is 2.47. The van der Waals surface area contributed by atoms with Crippen molar-refractivity contribution in [3.63, 3.8) is 0 Å². The van der Waals surface area contributed by atoms with Crippen molar-refractivity contribution in [1.82, 2.24) is 14.5 Å². The maximum atomic E-state index is 12.0. The van der Waals surface area contributed by atoms with E-state index in [2.05, 4.69) is 25.9 Å². The first-order valence-corrected chi connectivity index (χ1v) is 6.14. The molecular formula is C12H12BrN3O. The molecule has 0 aliphatic carbocycles. The van der Waals surface area contributed by atoms with Gasteiger partial charge in [-0.1, -0.05) is 0 Å². The Morgan fingerprint density at radius 1 is 1.41 bits per heavy atom. The molecule has 0 saturated heterocycles. The van der Waals surface area contributed by atoms with Gasteiger partial charge in [-0.3, -0.25) is 9.78 Å². The summed E-state index contributed by atoms with van der Waals surface area (Å²) in [6.45, 7) is 2.84.